The Balaban J connectivity index is 1.57. The van der Waals surface area contributed by atoms with E-state index in [9.17, 15) is 14.7 Å². The molecule has 2 heterocycles. The molecule has 136 valence electrons. The van der Waals surface area contributed by atoms with E-state index in [1.54, 1.807) is 17.0 Å². The molecule has 26 heavy (non-hydrogen) atoms. The maximum absolute atomic E-state index is 12.9. The zero-order valence-electron chi connectivity index (χ0n) is 14.8. The number of nitrogens with one attached hydrogen (secondary N) is 1. The average molecular weight is 352 g/mol. The summed E-state index contributed by atoms with van der Waals surface area (Å²) in [7, 11) is 0. The van der Waals surface area contributed by atoms with Gasteiger partial charge >= 0.3 is 0 Å². The van der Waals surface area contributed by atoms with E-state index in [0.717, 1.165) is 37.7 Å². The third kappa shape index (κ3) is 2.97. The van der Waals surface area contributed by atoms with Crippen molar-refractivity contribution in [3.8, 4) is 11.3 Å². The normalized spacial score (nSPS) is 25.6. The van der Waals surface area contributed by atoms with Crippen molar-refractivity contribution >= 4 is 5.91 Å². The highest BCUT2D eigenvalue weighted by atomic mass is 16.3. The molecular formula is C21H24N2O3. The topological polar surface area (TPSA) is 73.4 Å². The standard InChI is InChI=1S/C21H24N2O3/c24-18-8-4-11-21(18)12-5-13-23(14-21)20(26)16-9-10-17(22-19(16)25)15-6-2-1-3-7-15/h1-3,6-7,9-10,18,24H,4-5,8,11-14H2,(H,22,25)/t18-,21+/m1/s1. The smallest absolute Gasteiger partial charge is 0.261 e. The van der Waals surface area contributed by atoms with E-state index in [1.165, 1.54) is 0 Å². The first kappa shape index (κ1) is 17.0. The van der Waals surface area contributed by atoms with Crippen molar-refractivity contribution in [2.24, 2.45) is 5.41 Å². The molecule has 2 atom stereocenters. The second kappa shape index (κ2) is 6.72. The fourth-order valence-corrected chi connectivity index (χ4v) is 4.53. The van der Waals surface area contributed by atoms with Crippen molar-refractivity contribution in [3.63, 3.8) is 0 Å². The van der Waals surface area contributed by atoms with Crippen LogP contribution in [-0.2, 0) is 0 Å². The van der Waals surface area contributed by atoms with Crippen LogP contribution >= 0.6 is 0 Å². The first-order valence-corrected chi connectivity index (χ1v) is 9.35. The summed E-state index contributed by atoms with van der Waals surface area (Å²) in [6.07, 6.45) is 4.28. The summed E-state index contributed by atoms with van der Waals surface area (Å²) in [5.41, 5.74) is 1.25. The molecule has 1 spiro atoms. The van der Waals surface area contributed by atoms with Gasteiger partial charge in [-0.15, -0.1) is 0 Å². The van der Waals surface area contributed by atoms with Crippen molar-refractivity contribution in [1.29, 1.82) is 0 Å². The van der Waals surface area contributed by atoms with Crippen molar-refractivity contribution < 1.29 is 9.90 Å². The number of hydrogen-bond donors (Lipinski definition) is 2. The second-order valence-corrected chi connectivity index (χ2v) is 7.58. The third-order valence-electron chi connectivity index (χ3n) is 5.98. The largest absolute Gasteiger partial charge is 0.392 e. The lowest BCUT2D eigenvalue weighted by Crippen LogP contribution is -2.50. The number of pyridine rings is 1. The maximum Gasteiger partial charge on any atom is 0.261 e. The number of carbonyl (C=O) groups is 1. The minimum Gasteiger partial charge on any atom is -0.392 e. The van der Waals surface area contributed by atoms with Gasteiger partial charge in [-0.2, -0.15) is 0 Å². The fourth-order valence-electron chi connectivity index (χ4n) is 4.53. The van der Waals surface area contributed by atoms with Gasteiger partial charge in [0.1, 0.15) is 5.56 Å². The van der Waals surface area contributed by atoms with Gasteiger partial charge in [0.15, 0.2) is 0 Å². The molecule has 2 aliphatic rings. The van der Waals surface area contributed by atoms with Crippen LogP contribution < -0.4 is 5.56 Å². The summed E-state index contributed by atoms with van der Waals surface area (Å²) in [4.78, 5) is 30.0. The maximum atomic E-state index is 12.9. The van der Waals surface area contributed by atoms with Gasteiger partial charge in [0.25, 0.3) is 11.5 Å². The van der Waals surface area contributed by atoms with Gasteiger partial charge in [-0.1, -0.05) is 36.8 Å². The molecule has 0 bridgehead atoms. The quantitative estimate of drug-likeness (QED) is 0.873. The Bertz CT molecular complexity index is 861. The number of benzene rings is 1. The molecule has 0 unspecified atom stereocenters. The third-order valence-corrected chi connectivity index (χ3v) is 5.98. The molecule has 0 radical (unpaired) electrons. The molecule has 1 aromatic heterocycles. The van der Waals surface area contributed by atoms with E-state index in [-0.39, 0.29) is 28.5 Å². The zero-order valence-corrected chi connectivity index (χ0v) is 14.8. The highest BCUT2D eigenvalue weighted by Gasteiger charge is 2.45. The highest BCUT2D eigenvalue weighted by molar-refractivity contribution is 5.94. The van der Waals surface area contributed by atoms with Crippen LogP contribution in [-0.4, -0.2) is 40.1 Å². The number of carbonyl (C=O) groups excluding carboxylic acids is 1. The van der Waals surface area contributed by atoms with E-state index >= 15 is 0 Å². The Morgan fingerprint density at radius 3 is 2.58 bits per heavy atom. The molecule has 1 aliphatic heterocycles. The van der Waals surface area contributed by atoms with Crippen LogP contribution in [0.5, 0.6) is 0 Å². The van der Waals surface area contributed by atoms with Crippen molar-refractivity contribution in [2.45, 2.75) is 38.2 Å². The number of amides is 1. The molecule has 4 rings (SSSR count). The molecule has 1 saturated heterocycles. The fraction of sp³-hybridized carbons (Fsp3) is 0.429. The SMILES string of the molecule is O=C(c1ccc(-c2ccccc2)[nH]c1=O)N1CCC[C@@]2(CCC[C@H]2O)C1. The van der Waals surface area contributed by atoms with Crippen LogP contribution in [0.15, 0.2) is 47.3 Å². The van der Waals surface area contributed by atoms with E-state index < -0.39 is 0 Å². The average Bonchev–Trinajstić information content (AvgIpc) is 3.01. The van der Waals surface area contributed by atoms with Gasteiger partial charge in [-0.05, 0) is 43.4 Å². The number of aliphatic hydroxyl groups excluding tert-OH is 1. The Labute approximate surface area is 152 Å². The van der Waals surface area contributed by atoms with Crippen molar-refractivity contribution in [3.05, 3.63) is 58.4 Å². The minimum atomic E-state index is -0.358. The van der Waals surface area contributed by atoms with Crippen LogP contribution in [0.1, 0.15) is 42.5 Å². The number of aliphatic hydroxyl groups is 1. The second-order valence-electron chi connectivity index (χ2n) is 7.58. The number of H-pyrrole nitrogens is 1. The van der Waals surface area contributed by atoms with Crippen LogP contribution in [0.4, 0.5) is 0 Å². The first-order chi connectivity index (χ1) is 12.6. The van der Waals surface area contributed by atoms with Crippen LogP contribution in [0.25, 0.3) is 11.3 Å². The molecule has 5 nitrogen and oxygen atoms in total. The number of nitrogens with zero attached hydrogens (tertiary/aromatic N) is 1. The lowest BCUT2D eigenvalue weighted by molar-refractivity contribution is -0.00541. The molecular weight excluding hydrogens is 328 g/mol. The minimum absolute atomic E-state index is 0.175. The molecule has 1 saturated carbocycles. The summed E-state index contributed by atoms with van der Waals surface area (Å²) in [5.74, 6) is -0.232. The summed E-state index contributed by atoms with van der Waals surface area (Å²) in [6.45, 7) is 1.19. The summed E-state index contributed by atoms with van der Waals surface area (Å²) < 4.78 is 0. The number of rotatable bonds is 2. The molecule has 1 aromatic carbocycles. The van der Waals surface area contributed by atoms with Gasteiger partial charge in [0, 0.05) is 24.2 Å². The molecule has 2 N–H and O–H groups in total. The van der Waals surface area contributed by atoms with Gasteiger partial charge in [0.05, 0.1) is 6.10 Å². The van der Waals surface area contributed by atoms with Crippen molar-refractivity contribution in [2.75, 3.05) is 13.1 Å². The molecule has 2 fully saturated rings. The van der Waals surface area contributed by atoms with Gasteiger partial charge in [-0.25, -0.2) is 0 Å². The van der Waals surface area contributed by atoms with Gasteiger partial charge < -0.3 is 15.0 Å². The van der Waals surface area contributed by atoms with Gasteiger partial charge in [-0.3, -0.25) is 9.59 Å². The zero-order chi connectivity index (χ0) is 18.1. The monoisotopic (exact) mass is 352 g/mol. The summed E-state index contributed by atoms with van der Waals surface area (Å²) in [5, 5.41) is 10.4. The van der Waals surface area contributed by atoms with Crippen LogP contribution in [0.3, 0.4) is 0 Å². The van der Waals surface area contributed by atoms with E-state index in [1.807, 2.05) is 30.3 Å². The molecule has 1 aliphatic carbocycles. The summed E-state index contributed by atoms with van der Waals surface area (Å²) in [6, 6.07) is 13.0. The van der Waals surface area contributed by atoms with E-state index in [4.69, 9.17) is 0 Å². The molecule has 2 aromatic rings. The molecule has 5 heteroatoms. The molecule has 1 amide bonds. The number of hydrogen-bond acceptors (Lipinski definition) is 3. The Hall–Kier alpha value is -2.40. The number of aromatic nitrogens is 1. The lowest BCUT2D eigenvalue weighted by atomic mass is 9.76. The summed E-state index contributed by atoms with van der Waals surface area (Å²) >= 11 is 0. The number of likely N-dealkylation sites (tertiary alicyclic amines) is 1. The van der Waals surface area contributed by atoms with Crippen LogP contribution in [0.2, 0.25) is 0 Å². The predicted molar refractivity (Wildman–Crippen MR) is 99.9 cm³/mol. The predicted octanol–water partition coefficient (Wildman–Crippen LogP) is 2.81. The number of piperidine rings is 1. The Morgan fingerprint density at radius 1 is 1.12 bits per heavy atom. The lowest BCUT2D eigenvalue weighted by Gasteiger charge is -2.42. The number of aromatic amines is 1. The van der Waals surface area contributed by atoms with E-state index in [0.29, 0.717) is 18.8 Å². The highest BCUT2D eigenvalue weighted by Crippen LogP contribution is 2.45. The van der Waals surface area contributed by atoms with Crippen LogP contribution in [0, 0.1) is 5.41 Å². The van der Waals surface area contributed by atoms with E-state index in [2.05, 4.69) is 4.98 Å². The Kier molecular flexibility index (Phi) is 4.41. The first-order valence-electron chi connectivity index (χ1n) is 9.35. The van der Waals surface area contributed by atoms with Crippen molar-refractivity contribution in [1.82, 2.24) is 9.88 Å². The Morgan fingerprint density at radius 2 is 1.88 bits per heavy atom. The van der Waals surface area contributed by atoms with Gasteiger partial charge in [0.2, 0.25) is 0 Å².